The van der Waals surface area contributed by atoms with Crippen molar-refractivity contribution in [3.05, 3.63) is 29.8 Å². The largest absolute Gasteiger partial charge is 0.378 e. The predicted molar refractivity (Wildman–Crippen MR) is 71.9 cm³/mol. The molecule has 16 heavy (non-hydrogen) atoms. The third-order valence-corrected chi connectivity index (χ3v) is 2.41. The standard InChI is InChI=1S/C14H24N2/c1-14(2,3)11-15-10-12-7-6-8-13(9-12)16(4)5/h6-9,15H,10-11H2,1-5H3. The lowest BCUT2D eigenvalue weighted by atomic mass is 9.97. The Bertz CT molecular complexity index is 324. The molecule has 0 radical (unpaired) electrons. The van der Waals surface area contributed by atoms with Gasteiger partial charge in [-0.3, -0.25) is 0 Å². The van der Waals surface area contributed by atoms with Crippen LogP contribution in [-0.2, 0) is 6.54 Å². The molecule has 1 aromatic rings. The Balaban J connectivity index is 2.51. The molecule has 90 valence electrons. The smallest absolute Gasteiger partial charge is 0.0364 e. The van der Waals surface area contributed by atoms with Gasteiger partial charge < -0.3 is 10.2 Å². The number of hydrogen-bond donors (Lipinski definition) is 1. The molecule has 0 aliphatic rings. The Morgan fingerprint density at radius 3 is 2.44 bits per heavy atom. The normalized spacial score (nSPS) is 11.6. The molecule has 0 atom stereocenters. The molecule has 0 aliphatic carbocycles. The zero-order valence-corrected chi connectivity index (χ0v) is 11.2. The summed E-state index contributed by atoms with van der Waals surface area (Å²) < 4.78 is 0. The molecule has 0 spiro atoms. The lowest BCUT2D eigenvalue weighted by molar-refractivity contribution is 0.379. The highest BCUT2D eigenvalue weighted by Crippen LogP contribution is 2.14. The van der Waals surface area contributed by atoms with Crippen molar-refractivity contribution in [3.63, 3.8) is 0 Å². The van der Waals surface area contributed by atoms with Gasteiger partial charge in [0.25, 0.3) is 0 Å². The topological polar surface area (TPSA) is 15.3 Å². The lowest BCUT2D eigenvalue weighted by Crippen LogP contribution is -2.26. The Kier molecular flexibility index (Phi) is 4.36. The van der Waals surface area contributed by atoms with Gasteiger partial charge in [0.1, 0.15) is 0 Å². The third kappa shape index (κ3) is 4.67. The maximum absolute atomic E-state index is 3.49. The molecule has 1 rings (SSSR count). The molecule has 1 N–H and O–H groups in total. The van der Waals surface area contributed by atoms with Crippen LogP contribution in [0.2, 0.25) is 0 Å². The molecule has 0 aromatic heterocycles. The number of rotatable bonds is 4. The zero-order chi connectivity index (χ0) is 12.2. The summed E-state index contributed by atoms with van der Waals surface area (Å²) in [5, 5.41) is 3.49. The summed E-state index contributed by atoms with van der Waals surface area (Å²) in [6.07, 6.45) is 0. The van der Waals surface area contributed by atoms with Crippen LogP contribution in [0.5, 0.6) is 0 Å². The second-order valence-corrected chi connectivity index (χ2v) is 5.73. The van der Waals surface area contributed by atoms with E-state index in [0.717, 1.165) is 13.1 Å². The second kappa shape index (κ2) is 5.35. The fourth-order valence-corrected chi connectivity index (χ4v) is 1.53. The molecular formula is C14H24N2. The zero-order valence-electron chi connectivity index (χ0n) is 11.2. The molecule has 0 bridgehead atoms. The summed E-state index contributed by atoms with van der Waals surface area (Å²) >= 11 is 0. The SMILES string of the molecule is CN(C)c1cccc(CNCC(C)(C)C)c1. The average molecular weight is 220 g/mol. The summed E-state index contributed by atoms with van der Waals surface area (Å²) in [6.45, 7) is 8.72. The van der Waals surface area contributed by atoms with Crippen LogP contribution in [0, 0.1) is 5.41 Å². The van der Waals surface area contributed by atoms with E-state index >= 15 is 0 Å². The first-order valence-corrected chi connectivity index (χ1v) is 5.85. The molecule has 2 nitrogen and oxygen atoms in total. The molecule has 2 heteroatoms. The number of nitrogens with one attached hydrogen (secondary N) is 1. The van der Waals surface area contributed by atoms with Crippen LogP contribution in [0.4, 0.5) is 5.69 Å². The third-order valence-electron chi connectivity index (χ3n) is 2.41. The summed E-state index contributed by atoms with van der Waals surface area (Å²) in [5.74, 6) is 0. The van der Waals surface area contributed by atoms with E-state index in [9.17, 15) is 0 Å². The molecule has 0 heterocycles. The molecule has 0 saturated heterocycles. The molecule has 1 aromatic carbocycles. The molecular weight excluding hydrogens is 196 g/mol. The Morgan fingerprint density at radius 1 is 1.19 bits per heavy atom. The summed E-state index contributed by atoms with van der Waals surface area (Å²) in [5.41, 5.74) is 2.95. The van der Waals surface area contributed by atoms with Gasteiger partial charge in [-0.2, -0.15) is 0 Å². The lowest BCUT2D eigenvalue weighted by Gasteiger charge is -2.19. The highest BCUT2D eigenvalue weighted by atomic mass is 15.1. The Morgan fingerprint density at radius 2 is 1.88 bits per heavy atom. The van der Waals surface area contributed by atoms with Gasteiger partial charge in [-0.1, -0.05) is 32.9 Å². The molecule has 0 fully saturated rings. The van der Waals surface area contributed by atoms with Crippen molar-refractivity contribution in [1.82, 2.24) is 5.32 Å². The van der Waals surface area contributed by atoms with Crippen molar-refractivity contribution in [3.8, 4) is 0 Å². The van der Waals surface area contributed by atoms with E-state index in [4.69, 9.17) is 0 Å². The maximum atomic E-state index is 3.49. The van der Waals surface area contributed by atoms with E-state index in [1.807, 2.05) is 0 Å². The van der Waals surface area contributed by atoms with Crippen molar-refractivity contribution in [2.75, 3.05) is 25.5 Å². The predicted octanol–water partition coefficient (Wildman–Crippen LogP) is 2.89. The van der Waals surface area contributed by atoms with E-state index in [-0.39, 0.29) is 0 Å². The Hall–Kier alpha value is -1.02. The summed E-state index contributed by atoms with van der Waals surface area (Å²) in [6, 6.07) is 8.65. The van der Waals surface area contributed by atoms with Crippen LogP contribution in [0.3, 0.4) is 0 Å². The van der Waals surface area contributed by atoms with E-state index in [0.29, 0.717) is 5.41 Å². The minimum Gasteiger partial charge on any atom is -0.378 e. The minimum absolute atomic E-state index is 0.346. The van der Waals surface area contributed by atoms with Gasteiger partial charge in [0.05, 0.1) is 0 Å². The maximum Gasteiger partial charge on any atom is 0.0364 e. The van der Waals surface area contributed by atoms with E-state index in [1.165, 1.54) is 11.3 Å². The van der Waals surface area contributed by atoms with Gasteiger partial charge in [0, 0.05) is 32.9 Å². The van der Waals surface area contributed by atoms with Crippen molar-refractivity contribution in [1.29, 1.82) is 0 Å². The Labute approximate surface area is 99.7 Å². The second-order valence-electron chi connectivity index (χ2n) is 5.73. The van der Waals surface area contributed by atoms with Gasteiger partial charge in [-0.05, 0) is 23.1 Å². The first kappa shape index (κ1) is 13.0. The van der Waals surface area contributed by atoms with Crippen molar-refractivity contribution < 1.29 is 0 Å². The molecule has 0 amide bonds. The van der Waals surface area contributed by atoms with Crippen molar-refractivity contribution in [2.24, 2.45) is 5.41 Å². The molecule has 0 saturated carbocycles. The monoisotopic (exact) mass is 220 g/mol. The fourth-order valence-electron chi connectivity index (χ4n) is 1.53. The van der Waals surface area contributed by atoms with Crippen LogP contribution in [0.25, 0.3) is 0 Å². The van der Waals surface area contributed by atoms with Crippen molar-refractivity contribution in [2.45, 2.75) is 27.3 Å². The number of hydrogen-bond acceptors (Lipinski definition) is 2. The minimum atomic E-state index is 0.346. The summed E-state index contributed by atoms with van der Waals surface area (Å²) in [7, 11) is 4.14. The average Bonchev–Trinajstić information content (AvgIpc) is 2.16. The van der Waals surface area contributed by atoms with Crippen LogP contribution in [0.15, 0.2) is 24.3 Å². The first-order valence-electron chi connectivity index (χ1n) is 5.85. The van der Waals surface area contributed by atoms with Crippen LogP contribution >= 0.6 is 0 Å². The van der Waals surface area contributed by atoms with E-state index in [2.05, 4.69) is 69.3 Å². The highest BCUT2D eigenvalue weighted by molar-refractivity contribution is 5.47. The number of anilines is 1. The van der Waals surface area contributed by atoms with Gasteiger partial charge >= 0.3 is 0 Å². The van der Waals surface area contributed by atoms with Crippen LogP contribution in [-0.4, -0.2) is 20.6 Å². The molecule has 0 aliphatic heterocycles. The van der Waals surface area contributed by atoms with Gasteiger partial charge in [0.15, 0.2) is 0 Å². The van der Waals surface area contributed by atoms with Gasteiger partial charge in [-0.25, -0.2) is 0 Å². The van der Waals surface area contributed by atoms with Gasteiger partial charge in [0.2, 0.25) is 0 Å². The number of nitrogens with zero attached hydrogens (tertiary/aromatic N) is 1. The van der Waals surface area contributed by atoms with Crippen molar-refractivity contribution >= 4 is 5.69 Å². The van der Waals surface area contributed by atoms with Crippen LogP contribution < -0.4 is 10.2 Å². The van der Waals surface area contributed by atoms with Gasteiger partial charge in [-0.15, -0.1) is 0 Å². The number of benzene rings is 1. The first-order chi connectivity index (χ1) is 7.38. The molecule has 0 unspecified atom stereocenters. The fraction of sp³-hybridized carbons (Fsp3) is 0.571. The highest BCUT2D eigenvalue weighted by Gasteiger charge is 2.08. The van der Waals surface area contributed by atoms with E-state index in [1.54, 1.807) is 0 Å². The van der Waals surface area contributed by atoms with E-state index < -0.39 is 0 Å². The summed E-state index contributed by atoms with van der Waals surface area (Å²) in [4.78, 5) is 2.13. The van der Waals surface area contributed by atoms with Crippen LogP contribution in [0.1, 0.15) is 26.3 Å². The quantitative estimate of drug-likeness (QED) is 0.839.